The average molecular weight is 397 g/mol. The molecule has 2 aliphatic rings. The van der Waals surface area contributed by atoms with E-state index in [1.165, 1.54) is 34.4 Å². The first-order chi connectivity index (χ1) is 14.8. The van der Waals surface area contributed by atoms with Gasteiger partial charge in [-0.1, -0.05) is 54.6 Å². The van der Waals surface area contributed by atoms with Gasteiger partial charge in [0.05, 0.1) is 6.04 Å². The Hall–Kier alpha value is -3.07. The van der Waals surface area contributed by atoms with Gasteiger partial charge >= 0.3 is 0 Å². The van der Waals surface area contributed by atoms with Crippen LogP contribution in [0.3, 0.4) is 0 Å². The van der Waals surface area contributed by atoms with Crippen molar-refractivity contribution < 1.29 is 4.79 Å². The van der Waals surface area contributed by atoms with Crippen molar-refractivity contribution >= 4 is 11.6 Å². The summed E-state index contributed by atoms with van der Waals surface area (Å²) in [7, 11) is 0. The van der Waals surface area contributed by atoms with Crippen LogP contribution in [0.4, 0.5) is 5.69 Å². The highest BCUT2D eigenvalue weighted by Crippen LogP contribution is 2.30. The lowest BCUT2D eigenvalue weighted by molar-refractivity contribution is 0.0932. The van der Waals surface area contributed by atoms with E-state index >= 15 is 0 Å². The maximum absolute atomic E-state index is 12.9. The van der Waals surface area contributed by atoms with Gasteiger partial charge in [-0.15, -0.1) is 0 Å². The second-order valence-corrected chi connectivity index (χ2v) is 8.47. The number of fused-ring (bicyclic) bond motifs is 2. The molecule has 3 aromatic carbocycles. The van der Waals surface area contributed by atoms with Gasteiger partial charge in [0.2, 0.25) is 0 Å². The number of aryl methyl sites for hydroxylation is 2. The van der Waals surface area contributed by atoms with Gasteiger partial charge < -0.3 is 10.2 Å². The van der Waals surface area contributed by atoms with E-state index in [2.05, 4.69) is 70.9 Å². The summed E-state index contributed by atoms with van der Waals surface area (Å²) in [4.78, 5) is 15.3. The highest BCUT2D eigenvalue weighted by atomic mass is 16.1. The number of rotatable bonds is 4. The van der Waals surface area contributed by atoms with Crippen LogP contribution in [0.15, 0.2) is 72.8 Å². The van der Waals surface area contributed by atoms with Crippen molar-refractivity contribution in [1.82, 2.24) is 5.32 Å². The van der Waals surface area contributed by atoms with Crippen molar-refractivity contribution in [3.05, 3.63) is 101 Å². The molecular weight excluding hydrogens is 368 g/mol. The first kappa shape index (κ1) is 18.9. The zero-order valence-electron chi connectivity index (χ0n) is 17.3. The van der Waals surface area contributed by atoms with E-state index in [0.29, 0.717) is 0 Å². The van der Waals surface area contributed by atoms with Gasteiger partial charge in [0.1, 0.15) is 0 Å². The smallest absolute Gasteiger partial charge is 0.251 e. The molecule has 1 atom stereocenters. The monoisotopic (exact) mass is 396 g/mol. The Morgan fingerprint density at radius 3 is 2.47 bits per heavy atom. The van der Waals surface area contributed by atoms with Gasteiger partial charge in [-0.2, -0.15) is 0 Å². The van der Waals surface area contributed by atoms with Gasteiger partial charge in [-0.05, 0) is 72.6 Å². The maximum atomic E-state index is 12.9. The highest BCUT2D eigenvalue weighted by molar-refractivity contribution is 5.94. The third-order valence-corrected chi connectivity index (χ3v) is 6.47. The molecule has 0 unspecified atom stereocenters. The Balaban J connectivity index is 1.26. The largest absolute Gasteiger partial charge is 0.367 e. The summed E-state index contributed by atoms with van der Waals surface area (Å²) in [5.41, 5.74) is 7.41. The maximum Gasteiger partial charge on any atom is 0.251 e. The molecule has 0 saturated heterocycles. The molecule has 1 aliphatic carbocycles. The fourth-order valence-electron chi connectivity index (χ4n) is 4.90. The van der Waals surface area contributed by atoms with Crippen LogP contribution >= 0.6 is 0 Å². The van der Waals surface area contributed by atoms with Crippen molar-refractivity contribution in [3.8, 4) is 0 Å². The molecule has 0 fully saturated rings. The summed E-state index contributed by atoms with van der Waals surface area (Å²) in [5.74, 6) is 0.0200. The van der Waals surface area contributed by atoms with E-state index in [9.17, 15) is 4.79 Å². The average Bonchev–Trinajstić information content (AvgIpc) is 2.80. The SMILES string of the molecule is O=C(N[C@@H]1CCCc2ccccc21)c1ccc(CN2CCCc3ccccc32)cc1. The quantitative estimate of drug-likeness (QED) is 0.636. The number of para-hydroxylation sites is 1. The van der Waals surface area contributed by atoms with Gasteiger partial charge in [0.25, 0.3) is 5.91 Å². The van der Waals surface area contributed by atoms with Crippen molar-refractivity contribution in [3.63, 3.8) is 0 Å². The van der Waals surface area contributed by atoms with Crippen LogP contribution in [0, 0.1) is 0 Å². The molecule has 0 bridgehead atoms. The first-order valence-electron chi connectivity index (χ1n) is 11.1. The lowest BCUT2D eigenvalue weighted by Gasteiger charge is -2.31. The van der Waals surface area contributed by atoms with Crippen LogP contribution in [0.2, 0.25) is 0 Å². The van der Waals surface area contributed by atoms with E-state index in [1.807, 2.05) is 12.1 Å². The van der Waals surface area contributed by atoms with Crippen LogP contribution in [-0.2, 0) is 19.4 Å². The van der Waals surface area contributed by atoms with Crippen LogP contribution in [-0.4, -0.2) is 12.5 Å². The summed E-state index contributed by atoms with van der Waals surface area (Å²) < 4.78 is 0. The normalized spacial score (nSPS) is 17.7. The molecule has 0 radical (unpaired) electrons. The number of nitrogens with zero attached hydrogens (tertiary/aromatic N) is 1. The third-order valence-electron chi connectivity index (χ3n) is 6.47. The molecule has 1 N–H and O–H groups in total. The lowest BCUT2D eigenvalue weighted by Crippen LogP contribution is -2.31. The second kappa shape index (κ2) is 8.35. The van der Waals surface area contributed by atoms with Crippen LogP contribution in [0.5, 0.6) is 0 Å². The molecule has 1 amide bonds. The van der Waals surface area contributed by atoms with E-state index in [0.717, 1.165) is 44.3 Å². The molecular formula is C27H28N2O. The van der Waals surface area contributed by atoms with Gasteiger partial charge in [-0.25, -0.2) is 0 Å². The number of carbonyl (C=O) groups excluding carboxylic acids is 1. The molecule has 0 aromatic heterocycles. The van der Waals surface area contributed by atoms with Crippen molar-refractivity contribution in [2.75, 3.05) is 11.4 Å². The van der Waals surface area contributed by atoms with E-state index in [-0.39, 0.29) is 11.9 Å². The topological polar surface area (TPSA) is 32.3 Å². The van der Waals surface area contributed by atoms with E-state index in [1.54, 1.807) is 0 Å². The predicted octanol–water partition coefficient (Wildman–Crippen LogP) is 5.45. The lowest BCUT2D eigenvalue weighted by atomic mass is 9.87. The Bertz CT molecular complexity index is 1040. The van der Waals surface area contributed by atoms with Gasteiger partial charge in [0.15, 0.2) is 0 Å². The minimum atomic E-state index is 0.0200. The molecule has 30 heavy (non-hydrogen) atoms. The number of benzene rings is 3. The van der Waals surface area contributed by atoms with Crippen molar-refractivity contribution in [2.24, 2.45) is 0 Å². The third kappa shape index (κ3) is 3.85. The molecule has 0 saturated carbocycles. The molecule has 152 valence electrons. The summed E-state index contributed by atoms with van der Waals surface area (Å²) in [6.07, 6.45) is 5.60. The summed E-state index contributed by atoms with van der Waals surface area (Å²) in [5, 5.41) is 3.26. The molecule has 0 spiro atoms. The van der Waals surface area contributed by atoms with Crippen LogP contribution < -0.4 is 10.2 Å². The first-order valence-corrected chi connectivity index (χ1v) is 11.1. The van der Waals surface area contributed by atoms with Crippen molar-refractivity contribution in [2.45, 2.75) is 44.7 Å². The zero-order valence-corrected chi connectivity index (χ0v) is 17.3. The molecule has 3 aromatic rings. The number of nitrogens with one attached hydrogen (secondary N) is 1. The van der Waals surface area contributed by atoms with E-state index in [4.69, 9.17) is 0 Å². The summed E-state index contributed by atoms with van der Waals surface area (Å²) in [6, 6.07) is 25.4. The van der Waals surface area contributed by atoms with Gasteiger partial charge in [0, 0.05) is 24.3 Å². The number of carbonyl (C=O) groups is 1. The minimum absolute atomic E-state index is 0.0200. The zero-order chi connectivity index (χ0) is 20.3. The summed E-state index contributed by atoms with van der Waals surface area (Å²) in [6.45, 7) is 1.97. The fraction of sp³-hybridized carbons (Fsp3) is 0.296. The number of amides is 1. The molecule has 1 aliphatic heterocycles. The Morgan fingerprint density at radius 1 is 0.867 bits per heavy atom. The number of hydrogen-bond donors (Lipinski definition) is 1. The number of anilines is 1. The Kier molecular flexibility index (Phi) is 5.27. The minimum Gasteiger partial charge on any atom is -0.367 e. The number of hydrogen-bond acceptors (Lipinski definition) is 2. The van der Waals surface area contributed by atoms with Crippen LogP contribution in [0.1, 0.15) is 57.9 Å². The van der Waals surface area contributed by atoms with E-state index < -0.39 is 0 Å². The second-order valence-electron chi connectivity index (χ2n) is 8.47. The Morgan fingerprint density at radius 2 is 1.60 bits per heavy atom. The standard InChI is InChI=1S/C27H28N2O/c30-27(28-25-12-5-9-21-7-1-3-11-24(21)25)23-16-14-20(15-17-23)19-29-18-6-10-22-8-2-4-13-26(22)29/h1-4,7-8,11,13-17,25H,5-6,9-10,12,18-19H2,(H,28,30)/t25-/m1/s1. The predicted molar refractivity (Wildman–Crippen MR) is 122 cm³/mol. The van der Waals surface area contributed by atoms with Gasteiger partial charge in [-0.3, -0.25) is 4.79 Å². The molecule has 3 heteroatoms. The Labute approximate surface area is 178 Å². The summed E-state index contributed by atoms with van der Waals surface area (Å²) >= 11 is 0. The molecule has 3 nitrogen and oxygen atoms in total. The van der Waals surface area contributed by atoms with Crippen molar-refractivity contribution in [1.29, 1.82) is 0 Å². The molecule has 1 heterocycles. The fourth-order valence-corrected chi connectivity index (χ4v) is 4.90. The van der Waals surface area contributed by atoms with Crippen LogP contribution in [0.25, 0.3) is 0 Å². The molecule has 5 rings (SSSR count). The highest BCUT2D eigenvalue weighted by Gasteiger charge is 2.22.